The van der Waals surface area contributed by atoms with Crippen molar-refractivity contribution in [2.45, 2.75) is 25.9 Å². The zero-order valence-electron chi connectivity index (χ0n) is 10.6. The van der Waals surface area contributed by atoms with Gasteiger partial charge in [-0.3, -0.25) is 4.68 Å². The van der Waals surface area contributed by atoms with Crippen molar-refractivity contribution >= 4 is 11.6 Å². The Hall–Kier alpha value is -1.32. The van der Waals surface area contributed by atoms with E-state index in [1.807, 2.05) is 44.6 Å². The zero-order valence-corrected chi connectivity index (χ0v) is 11.4. The number of rotatable bonds is 4. The molecular formula is C14H17ClN2O. The quantitative estimate of drug-likeness (QED) is 0.922. The SMILES string of the molecule is Cc1ccc(Cl)cc1C(O)CCc1cnn(C)c1. The van der Waals surface area contributed by atoms with Crippen LogP contribution >= 0.6 is 11.6 Å². The van der Waals surface area contributed by atoms with E-state index in [1.165, 1.54) is 0 Å². The second-order valence-corrected chi connectivity index (χ2v) is 5.01. The number of aliphatic hydroxyl groups is 1. The molecule has 3 nitrogen and oxygen atoms in total. The van der Waals surface area contributed by atoms with Crippen molar-refractivity contribution in [1.82, 2.24) is 9.78 Å². The van der Waals surface area contributed by atoms with Crippen molar-refractivity contribution in [1.29, 1.82) is 0 Å². The summed E-state index contributed by atoms with van der Waals surface area (Å²) in [5.41, 5.74) is 3.11. The predicted molar refractivity (Wildman–Crippen MR) is 72.7 cm³/mol. The molecule has 18 heavy (non-hydrogen) atoms. The van der Waals surface area contributed by atoms with Crippen LogP contribution in [0.2, 0.25) is 5.02 Å². The number of aliphatic hydroxyl groups excluding tert-OH is 1. The third-order valence-electron chi connectivity index (χ3n) is 3.07. The highest BCUT2D eigenvalue weighted by Crippen LogP contribution is 2.25. The summed E-state index contributed by atoms with van der Waals surface area (Å²) in [5, 5.41) is 15.0. The lowest BCUT2D eigenvalue weighted by atomic mass is 9.99. The average Bonchev–Trinajstić information content (AvgIpc) is 2.75. The molecule has 0 saturated heterocycles. The van der Waals surface area contributed by atoms with Crippen LogP contribution in [0.1, 0.15) is 29.2 Å². The van der Waals surface area contributed by atoms with Crippen LogP contribution in [0.3, 0.4) is 0 Å². The van der Waals surface area contributed by atoms with E-state index in [0.717, 1.165) is 23.1 Å². The summed E-state index contributed by atoms with van der Waals surface area (Å²) in [5.74, 6) is 0. The van der Waals surface area contributed by atoms with Gasteiger partial charge in [0.1, 0.15) is 0 Å². The van der Waals surface area contributed by atoms with Crippen molar-refractivity contribution in [2.75, 3.05) is 0 Å². The van der Waals surface area contributed by atoms with E-state index in [0.29, 0.717) is 11.4 Å². The lowest BCUT2D eigenvalue weighted by molar-refractivity contribution is 0.167. The number of hydrogen-bond donors (Lipinski definition) is 1. The van der Waals surface area contributed by atoms with Gasteiger partial charge in [0, 0.05) is 18.3 Å². The number of hydrogen-bond acceptors (Lipinski definition) is 2. The Morgan fingerprint density at radius 3 is 2.89 bits per heavy atom. The molecule has 0 aliphatic heterocycles. The van der Waals surface area contributed by atoms with Crippen LogP contribution in [0.5, 0.6) is 0 Å². The Kier molecular flexibility index (Phi) is 4.04. The smallest absolute Gasteiger partial charge is 0.0796 e. The van der Waals surface area contributed by atoms with E-state index >= 15 is 0 Å². The maximum Gasteiger partial charge on any atom is 0.0796 e. The number of nitrogens with zero attached hydrogens (tertiary/aromatic N) is 2. The molecule has 4 heteroatoms. The van der Waals surface area contributed by atoms with E-state index in [9.17, 15) is 5.11 Å². The summed E-state index contributed by atoms with van der Waals surface area (Å²) in [7, 11) is 1.89. The average molecular weight is 265 g/mol. The van der Waals surface area contributed by atoms with Crippen molar-refractivity contribution in [3.63, 3.8) is 0 Å². The molecule has 1 unspecified atom stereocenters. The van der Waals surface area contributed by atoms with E-state index < -0.39 is 6.10 Å². The fourth-order valence-corrected chi connectivity index (χ4v) is 2.21. The van der Waals surface area contributed by atoms with Crippen LogP contribution in [0, 0.1) is 6.92 Å². The molecule has 2 aromatic rings. The maximum absolute atomic E-state index is 10.2. The third-order valence-corrected chi connectivity index (χ3v) is 3.30. The van der Waals surface area contributed by atoms with Gasteiger partial charge in [0.15, 0.2) is 0 Å². The normalized spacial score (nSPS) is 12.7. The van der Waals surface area contributed by atoms with Gasteiger partial charge in [-0.1, -0.05) is 17.7 Å². The molecule has 0 fully saturated rings. The topological polar surface area (TPSA) is 38.1 Å². The van der Waals surface area contributed by atoms with Gasteiger partial charge < -0.3 is 5.11 Å². The molecule has 1 heterocycles. The van der Waals surface area contributed by atoms with E-state index in [2.05, 4.69) is 5.10 Å². The van der Waals surface area contributed by atoms with E-state index in [-0.39, 0.29) is 0 Å². The zero-order chi connectivity index (χ0) is 13.1. The van der Waals surface area contributed by atoms with Crippen LogP contribution in [0.4, 0.5) is 0 Å². The Morgan fingerprint density at radius 1 is 1.44 bits per heavy atom. The Balaban J connectivity index is 2.03. The minimum atomic E-state index is -0.482. The van der Waals surface area contributed by atoms with Gasteiger partial charge in [0.05, 0.1) is 12.3 Å². The summed E-state index contributed by atoms with van der Waals surface area (Å²) in [6, 6.07) is 5.62. The standard InChI is InChI=1S/C14H17ClN2O/c1-10-3-5-12(15)7-13(10)14(18)6-4-11-8-16-17(2)9-11/h3,5,7-9,14,18H,4,6H2,1-2H3. The van der Waals surface area contributed by atoms with Gasteiger partial charge in [0.25, 0.3) is 0 Å². The predicted octanol–water partition coefficient (Wildman–Crippen LogP) is 3.05. The second kappa shape index (κ2) is 5.55. The number of aromatic nitrogens is 2. The molecule has 0 aliphatic rings. The maximum atomic E-state index is 10.2. The number of aryl methyl sites for hydroxylation is 3. The summed E-state index contributed by atoms with van der Waals surface area (Å²) in [6.07, 6.45) is 4.80. The molecule has 1 aromatic heterocycles. The molecule has 0 bridgehead atoms. The van der Waals surface area contributed by atoms with Crippen LogP contribution < -0.4 is 0 Å². The molecule has 0 saturated carbocycles. The number of halogens is 1. The monoisotopic (exact) mass is 264 g/mol. The Bertz CT molecular complexity index is 536. The minimum Gasteiger partial charge on any atom is -0.388 e. The molecule has 0 aliphatic carbocycles. The fraction of sp³-hybridized carbons (Fsp3) is 0.357. The first-order valence-corrected chi connectivity index (χ1v) is 6.35. The lowest BCUT2D eigenvalue weighted by Gasteiger charge is -2.13. The second-order valence-electron chi connectivity index (χ2n) is 4.58. The van der Waals surface area contributed by atoms with Crippen LogP contribution in [0.25, 0.3) is 0 Å². The largest absolute Gasteiger partial charge is 0.388 e. The molecule has 2 rings (SSSR count). The van der Waals surface area contributed by atoms with Crippen LogP contribution in [-0.4, -0.2) is 14.9 Å². The Labute approximate surface area is 112 Å². The summed E-state index contributed by atoms with van der Waals surface area (Å²) in [6.45, 7) is 1.99. The first-order valence-electron chi connectivity index (χ1n) is 5.98. The fourth-order valence-electron chi connectivity index (χ4n) is 2.03. The highest BCUT2D eigenvalue weighted by molar-refractivity contribution is 6.30. The van der Waals surface area contributed by atoms with Crippen molar-refractivity contribution in [3.8, 4) is 0 Å². The molecule has 0 amide bonds. The van der Waals surface area contributed by atoms with Crippen molar-refractivity contribution in [3.05, 3.63) is 52.3 Å². The van der Waals surface area contributed by atoms with Gasteiger partial charge in [0.2, 0.25) is 0 Å². The highest BCUT2D eigenvalue weighted by atomic mass is 35.5. The first-order chi connectivity index (χ1) is 8.56. The van der Waals surface area contributed by atoms with Gasteiger partial charge in [-0.2, -0.15) is 5.10 Å². The molecular weight excluding hydrogens is 248 g/mol. The van der Waals surface area contributed by atoms with E-state index in [1.54, 1.807) is 4.68 Å². The number of benzene rings is 1. The highest BCUT2D eigenvalue weighted by Gasteiger charge is 2.11. The summed E-state index contributed by atoms with van der Waals surface area (Å²) in [4.78, 5) is 0. The van der Waals surface area contributed by atoms with E-state index in [4.69, 9.17) is 11.6 Å². The molecule has 1 N–H and O–H groups in total. The van der Waals surface area contributed by atoms with Gasteiger partial charge >= 0.3 is 0 Å². The first kappa shape index (κ1) is 13.1. The van der Waals surface area contributed by atoms with Gasteiger partial charge in [-0.05, 0) is 48.6 Å². The molecule has 0 spiro atoms. The molecule has 96 valence electrons. The van der Waals surface area contributed by atoms with Crippen molar-refractivity contribution < 1.29 is 5.11 Å². The summed E-state index contributed by atoms with van der Waals surface area (Å²) < 4.78 is 1.77. The van der Waals surface area contributed by atoms with Gasteiger partial charge in [-0.25, -0.2) is 0 Å². The van der Waals surface area contributed by atoms with Crippen LogP contribution in [0.15, 0.2) is 30.6 Å². The third kappa shape index (κ3) is 3.12. The molecule has 1 aromatic carbocycles. The van der Waals surface area contributed by atoms with Crippen molar-refractivity contribution in [2.24, 2.45) is 7.05 Å². The molecule has 0 radical (unpaired) electrons. The Morgan fingerprint density at radius 2 is 2.22 bits per heavy atom. The van der Waals surface area contributed by atoms with Gasteiger partial charge in [-0.15, -0.1) is 0 Å². The lowest BCUT2D eigenvalue weighted by Crippen LogP contribution is -2.01. The summed E-state index contributed by atoms with van der Waals surface area (Å²) >= 11 is 5.96. The van der Waals surface area contributed by atoms with Crippen LogP contribution in [-0.2, 0) is 13.5 Å². The minimum absolute atomic E-state index is 0.482. The molecule has 1 atom stereocenters.